The van der Waals surface area contributed by atoms with Gasteiger partial charge < -0.3 is 9.84 Å². The largest absolute Gasteiger partial charge is 0.489 e. The number of hydrogen-bond acceptors (Lipinski definition) is 5. The Bertz CT molecular complexity index is 1730. The number of pyridine rings is 1. The number of rotatable bonds is 9. The summed E-state index contributed by atoms with van der Waals surface area (Å²) >= 11 is 0. The average Bonchev–Trinajstić information content (AvgIpc) is 2.97. The lowest BCUT2D eigenvalue weighted by molar-refractivity contribution is -0.527. The van der Waals surface area contributed by atoms with Crippen LogP contribution in [0.25, 0.3) is 0 Å². The molecule has 2 heterocycles. The molecule has 3 aromatic carbocycles. The fourth-order valence-electron chi connectivity index (χ4n) is 4.18. The van der Waals surface area contributed by atoms with Gasteiger partial charge in [0, 0.05) is 39.6 Å². The van der Waals surface area contributed by atoms with E-state index in [9.17, 15) is 22.7 Å². The molecule has 1 N–H and O–H groups in total. The van der Waals surface area contributed by atoms with Crippen LogP contribution in [0.4, 0.5) is 26.3 Å². The third kappa shape index (κ3) is 6.42. The molecule has 1 aliphatic heterocycles. The number of ether oxygens (including phenoxy) is 1. The average molecular weight is 596 g/mol. The van der Waals surface area contributed by atoms with Crippen molar-refractivity contribution >= 4 is 6.34 Å². The van der Waals surface area contributed by atoms with Gasteiger partial charge in [-0.2, -0.15) is 8.78 Å². The molecule has 43 heavy (non-hydrogen) atoms. The molecule has 1 aromatic heterocycles. The normalized spacial score (nSPS) is 13.9. The maximum absolute atomic E-state index is 15.8. The zero-order valence-electron chi connectivity index (χ0n) is 22.1. The fourth-order valence-corrected chi connectivity index (χ4v) is 4.18. The summed E-state index contributed by atoms with van der Waals surface area (Å²) in [5.41, 5.74) is -3.26. The van der Waals surface area contributed by atoms with Crippen molar-refractivity contribution in [3.8, 4) is 17.6 Å². The molecular weight excluding hydrogens is 574 g/mol. The first kappa shape index (κ1) is 29.5. The number of aromatic nitrogens is 1. The maximum Gasteiger partial charge on any atom is 0.325 e. The van der Waals surface area contributed by atoms with Crippen LogP contribution in [-0.2, 0) is 18.1 Å². The highest BCUT2D eigenvalue weighted by atomic mass is 19.3. The highest BCUT2D eigenvalue weighted by molar-refractivity contribution is 5.46. The van der Waals surface area contributed by atoms with E-state index in [4.69, 9.17) is 4.74 Å². The van der Waals surface area contributed by atoms with E-state index in [0.717, 1.165) is 41.0 Å². The molecule has 0 bridgehead atoms. The van der Waals surface area contributed by atoms with Gasteiger partial charge in [-0.15, -0.1) is 4.70 Å². The number of hydrogen-bond donors (Lipinski definition) is 1. The molecule has 0 saturated carbocycles. The third-order valence-corrected chi connectivity index (χ3v) is 6.57. The molecule has 12 heteroatoms. The Hall–Kier alpha value is -5.02. The summed E-state index contributed by atoms with van der Waals surface area (Å²) < 4.78 is 91.5. The van der Waals surface area contributed by atoms with Gasteiger partial charge in [-0.1, -0.05) is 24.0 Å². The van der Waals surface area contributed by atoms with E-state index < -0.39 is 47.4 Å². The molecule has 0 fully saturated rings. The van der Waals surface area contributed by atoms with Gasteiger partial charge in [-0.3, -0.25) is 4.98 Å². The van der Waals surface area contributed by atoms with Crippen molar-refractivity contribution in [2.24, 2.45) is 10.3 Å². The standard InChI is InChI=1S/C31H21F6N4O2/c32-24-10-13-26(27(33)15-24)30(42,18-41-19-39-40-41)31(36,37)28-14-7-21(16-38-28)4-1-20-2-5-22(6-3-20)17-43-25-11-8-23(9-12-25)29(34)35/h2-3,5-16,19,29,42H,17-18H2/q+1. The van der Waals surface area contributed by atoms with Crippen molar-refractivity contribution in [2.75, 3.05) is 6.54 Å². The van der Waals surface area contributed by atoms with Crippen LogP contribution in [0.15, 0.2) is 95.4 Å². The van der Waals surface area contributed by atoms with Gasteiger partial charge in [0.05, 0.1) is 5.22 Å². The van der Waals surface area contributed by atoms with E-state index in [0.29, 0.717) is 22.9 Å². The summed E-state index contributed by atoms with van der Waals surface area (Å²) in [7, 11) is 0. The predicted octanol–water partition coefficient (Wildman–Crippen LogP) is 6.68. The molecular formula is C31H21F6N4O2+. The smallest absolute Gasteiger partial charge is 0.325 e. The second-order valence-electron chi connectivity index (χ2n) is 9.51. The van der Waals surface area contributed by atoms with Crippen LogP contribution >= 0.6 is 0 Å². The first-order chi connectivity index (χ1) is 20.5. The minimum Gasteiger partial charge on any atom is -0.489 e. The third-order valence-electron chi connectivity index (χ3n) is 6.57. The molecule has 218 valence electrons. The number of alkyl halides is 4. The van der Waals surface area contributed by atoms with Gasteiger partial charge in [0.25, 0.3) is 12.8 Å². The Morgan fingerprint density at radius 2 is 1.56 bits per heavy atom. The minimum atomic E-state index is -4.14. The Morgan fingerprint density at radius 3 is 2.14 bits per heavy atom. The molecule has 4 aromatic rings. The second-order valence-corrected chi connectivity index (χ2v) is 9.51. The Kier molecular flexibility index (Phi) is 8.27. The highest BCUT2D eigenvalue weighted by Gasteiger charge is 2.59. The Morgan fingerprint density at radius 1 is 0.884 bits per heavy atom. The van der Waals surface area contributed by atoms with Crippen molar-refractivity contribution in [3.05, 3.63) is 130 Å². The second kappa shape index (κ2) is 12.1. The van der Waals surface area contributed by atoms with Gasteiger partial charge in [0.2, 0.25) is 0 Å². The zero-order chi connectivity index (χ0) is 30.6. The number of benzene rings is 3. The molecule has 1 atom stereocenters. The van der Waals surface area contributed by atoms with Crippen LogP contribution in [0.2, 0.25) is 0 Å². The van der Waals surface area contributed by atoms with E-state index in [2.05, 4.69) is 27.1 Å². The van der Waals surface area contributed by atoms with Crippen LogP contribution < -0.4 is 4.74 Å². The number of nitrogens with zero attached hydrogens (tertiary/aromatic N) is 4. The summed E-state index contributed by atoms with van der Waals surface area (Å²) in [6.07, 6.45) is -0.386. The maximum atomic E-state index is 15.8. The van der Waals surface area contributed by atoms with E-state index in [1.165, 1.54) is 30.3 Å². The quantitative estimate of drug-likeness (QED) is 0.133. The lowest BCUT2D eigenvalue weighted by Gasteiger charge is -2.35. The number of halogens is 6. The summed E-state index contributed by atoms with van der Waals surface area (Å²) in [5, 5.41) is 18.1. The van der Waals surface area contributed by atoms with Crippen LogP contribution in [0.3, 0.4) is 0 Å². The van der Waals surface area contributed by atoms with Crippen molar-refractivity contribution in [3.63, 3.8) is 0 Å². The SMILES string of the molecule is OC(C[N+]1=NN=C1)(c1ccc(F)cc1F)C(F)(F)c1ccc(C#Cc2ccc(COc3ccc(C(F)F)cc3)cc2)cn1. The lowest BCUT2D eigenvalue weighted by Crippen LogP contribution is -2.50. The number of β-amino-alcohol motifs (C(OH)–C–C–N with tert-alkyl or cyclic N) is 1. The van der Waals surface area contributed by atoms with Crippen molar-refractivity contribution in [1.29, 1.82) is 0 Å². The summed E-state index contributed by atoms with van der Waals surface area (Å²) in [4.78, 5) is 3.78. The summed E-state index contributed by atoms with van der Waals surface area (Å²) in [6, 6.07) is 16.7. The predicted molar refractivity (Wildman–Crippen MR) is 143 cm³/mol. The molecule has 1 aliphatic rings. The fraction of sp³-hybridized carbons (Fsp3) is 0.161. The summed E-state index contributed by atoms with van der Waals surface area (Å²) in [6.45, 7) is -0.671. The highest BCUT2D eigenvalue weighted by Crippen LogP contribution is 2.46. The topological polar surface area (TPSA) is 70.1 Å². The van der Waals surface area contributed by atoms with E-state index in [-0.39, 0.29) is 12.2 Å². The van der Waals surface area contributed by atoms with Gasteiger partial charge in [0.1, 0.15) is 36.2 Å². The van der Waals surface area contributed by atoms with E-state index in [1.807, 2.05) is 0 Å². The Balaban J connectivity index is 1.28. The monoisotopic (exact) mass is 595 g/mol. The first-order valence-electron chi connectivity index (χ1n) is 12.7. The molecule has 0 aliphatic carbocycles. The molecule has 0 saturated heterocycles. The van der Waals surface area contributed by atoms with Crippen LogP contribution in [0, 0.1) is 23.5 Å². The minimum absolute atomic E-state index is 0.0929. The first-order valence-corrected chi connectivity index (χ1v) is 12.7. The Labute approximate surface area is 241 Å². The van der Waals surface area contributed by atoms with Crippen molar-refractivity contribution in [2.45, 2.75) is 24.6 Å². The molecule has 0 amide bonds. The molecule has 5 rings (SSSR count). The van der Waals surface area contributed by atoms with Gasteiger partial charge in [0.15, 0.2) is 5.60 Å². The molecule has 0 radical (unpaired) electrons. The van der Waals surface area contributed by atoms with Crippen LogP contribution in [0.1, 0.15) is 39.9 Å². The van der Waals surface area contributed by atoms with Crippen molar-refractivity contribution in [1.82, 2.24) is 4.98 Å². The molecule has 1 unspecified atom stereocenters. The van der Waals surface area contributed by atoms with Crippen LogP contribution in [0.5, 0.6) is 5.75 Å². The van der Waals surface area contributed by atoms with Gasteiger partial charge >= 0.3 is 5.92 Å². The van der Waals surface area contributed by atoms with E-state index >= 15 is 8.78 Å². The zero-order valence-corrected chi connectivity index (χ0v) is 22.1. The summed E-state index contributed by atoms with van der Waals surface area (Å²) in [5.74, 6) is -0.345. The number of aliphatic hydroxyl groups is 1. The molecule has 0 spiro atoms. The van der Waals surface area contributed by atoms with E-state index in [1.54, 1.807) is 24.3 Å². The van der Waals surface area contributed by atoms with Crippen LogP contribution in [-0.4, -0.2) is 27.7 Å². The lowest BCUT2D eigenvalue weighted by atomic mass is 9.84. The molecule has 6 nitrogen and oxygen atoms in total. The van der Waals surface area contributed by atoms with Gasteiger partial charge in [-0.25, -0.2) is 17.6 Å². The van der Waals surface area contributed by atoms with Gasteiger partial charge in [-0.05, 0) is 66.2 Å². The van der Waals surface area contributed by atoms with Crippen molar-refractivity contribution < 1.29 is 40.9 Å².